The first kappa shape index (κ1) is 21.5. The Morgan fingerprint density at radius 2 is 1.64 bits per heavy atom. The van der Waals surface area contributed by atoms with Gasteiger partial charge in [0.2, 0.25) is 0 Å². The zero-order chi connectivity index (χ0) is 20.2. The number of nitrogens with one attached hydrogen (secondary N) is 1. The monoisotopic (exact) mass is 382 g/mol. The molecule has 0 aromatic heterocycles. The maximum absolute atomic E-state index is 11.8. The predicted molar refractivity (Wildman–Crippen MR) is 113 cm³/mol. The number of rotatable bonds is 11. The molecular formula is C23H30N2O3. The standard InChI is InChI=1S/C23H30N2O3/c1-4-5-6-15-27-21-11-7-19(8-12-21)16-24-25-23(26)17-28-22-13-9-20(10-14-22)18(2)3/h7-14,16,18H,4-6,15,17H2,1-3H3,(H,25,26)/b24-16-. The Hall–Kier alpha value is -2.82. The summed E-state index contributed by atoms with van der Waals surface area (Å²) in [6.07, 6.45) is 5.02. The number of ether oxygens (including phenoxy) is 2. The Balaban J connectivity index is 1.70. The van der Waals surface area contributed by atoms with Gasteiger partial charge in [-0.2, -0.15) is 5.10 Å². The third-order valence-electron chi connectivity index (χ3n) is 4.22. The molecule has 0 saturated heterocycles. The van der Waals surface area contributed by atoms with Crippen molar-refractivity contribution in [3.05, 3.63) is 59.7 Å². The van der Waals surface area contributed by atoms with Crippen molar-refractivity contribution in [3.8, 4) is 11.5 Å². The van der Waals surface area contributed by atoms with Crippen LogP contribution in [0.4, 0.5) is 0 Å². The van der Waals surface area contributed by atoms with Crippen LogP contribution in [0.1, 0.15) is 57.1 Å². The van der Waals surface area contributed by atoms with E-state index in [-0.39, 0.29) is 12.5 Å². The summed E-state index contributed by atoms with van der Waals surface area (Å²) in [5.41, 5.74) is 4.58. The van der Waals surface area contributed by atoms with E-state index in [0.29, 0.717) is 11.7 Å². The van der Waals surface area contributed by atoms with Crippen molar-refractivity contribution < 1.29 is 14.3 Å². The fraction of sp³-hybridized carbons (Fsp3) is 0.391. The molecule has 0 bridgehead atoms. The van der Waals surface area contributed by atoms with Gasteiger partial charge in [-0.15, -0.1) is 0 Å². The summed E-state index contributed by atoms with van der Waals surface area (Å²) in [6.45, 7) is 7.09. The van der Waals surface area contributed by atoms with E-state index in [1.54, 1.807) is 6.21 Å². The van der Waals surface area contributed by atoms with Crippen molar-refractivity contribution in [2.75, 3.05) is 13.2 Å². The minimum atomic E-state index is -0.305. The van der Waals surface area contributed by atoms with Crippen LogP contribution in [-0.2, 0) is 4.79 Å². The van der Waals surface area contributed by atoms with Gasteiger partial charge in [0.15, 0.2) is 6.61 Å². The molecule has 0 unspecified atom stereocenters. The molecule has 150 valence electrons. The first-order chi connectivity index (χ1) is 13.6. The lowest BCUT2D eigenvalue weighted by atomic mass is 10.0. The van der Waals surface area contributed by atoms with E-state index in [1.165, 1.54) is 18.4 Å². The van der Waals surface area contributed by atoms with E-state index in [4.69, 9.17) is 9.47 Å². The summed E-state index contributed by atoms with van der Waals surface area (Å²) in [5.74, 6) is 1.67. The summed E-state index contributed by atoms with van der Waals surface area (Å²) in [5, 5.41) is 3.96. The molecular weight excluding hydrogens is 352 g/mol. The third kappa shape index (κ3) is 7.82. The Kier molecular flexibility index (Phi) is 9.05. The van der Waals surface area contributed by atoms with Crippen LogP contribution in [0.15, 0.2) is 53.6 Å². The first-order valence-corrected chi connectivity index (χ1v) is 9.86. The fourth-order valence-corrected chi connectivity index (χ4v) is 2.50. The van der Waals surface area contributed by atoms with Crippen LogP contribution in [0.25, 0.3) is 0 Å². The smallest absolute Gasteiger partial charge is 0.277 e. The van der Waals surface area contributed by atoms with E-state index >= 15 is 0 Å². The normalized spacial score (nSPS) is 11.0. The van der Waals surface area contributed by atoms with Gasteiger partial charge in [-0.25, -0.2) is 5.43 Å². The van der Waals surface area contributed by atoms with Crippen LogP contribution in [0.2, 0.25) is 0 Å². The van der Waals surface area contributed by atoms with Crippen LogP contribution in [0, 0.1) is 0 Å². The second kappa shape index (κ2) is 11.8. The van der Waals surface area contributed by atoms with Gasteiger partial charge in [0.1, 0.15) is 11.5 Å². The van der Waals surface area contributed by atoms with Crippen molar-refractivity contribution in [2.24, 2.45) is 5.10 Å². The lowest BCUT2D eigenvalue weighted by Gasteiger charge is -2.08. The van der Waals surface area contributed by atoms with Crippen LogP contribution in [0.3, 0.4) is 0 Å². The molecule has 0 atom stereocenters. The van der Waals surface area contributed by atoms with Gasteiger partial charge >= 0.3 is 0 Å². The molecule has 2 aromatic carbocycles. The fourth-order valence-electron chi connectivity index (χ4n) is 2.50. The highest BCUT2D eigenvalue weighted by atomic mass is 16.5. The number of hydrogen-bond acceptors (Lipinski definition) is 4. The van der Waals surface area contributed by atoms with Gasteiger partial charge < -0.3 is 9.47 Å². The summed E-state index contributed by atoms with van der Waals surface area (Å²) in [4.78, 5) is 11.8. The van der Waals surface area contributed by atoms with E-state index < -0.39 is 0 Å². The summed E-state index contributed by atoms with van der Waals surface area (Å²) in [6, 6.07) is 15.4. The largest absolute Gasteiger partial charge is 0.494 e. The van der Waals surface area contributed by atoms with Crippen molar-refractivity contribution >= 4 is 12.1 Å². The van der Waals surface area contributed by atoms with E-state index in [1.807, 2.05) is 48.5 Å². The van der Waals surface area contributed by atoms with Crippen LogP contribution in [-0.4, -0.2) is 25.3 Å². The van der Waals surface area contributed by atoms with Gasteiger partial charge in [-0.1, -0.05) is 45.7 Å². The lowest BCUT2D eigenvalue weighted by molar-refractivity contribution is -0.123. The topological polar surface area (TPSA) is 59.9 Å². The molecule has 1 N–H and O–H groups in total. The van der Waals surface area contributed by atoms with Gasteiger partial charge in [-0.3, -0.25) is 4.79 Å². The summed E-state index contributed by atoms with van der Waals surface area (Å²) >= 11 is 0. The maximum atomic E-state index is 11.8. The average molecular weight is 383 g/mol. The number of unbranched alkanes of at least 4 members (excludes halogenated alkanes) is 2. The van der Waals surface area contributed by atoms with Crippen molar-refractivity contribution in [1.29, 1.82) is 0 Å². The van der Waals surface area contributed by atoms with Crippen LogP contribution >= 0.6 is 0 Å². The quantitative estimate of drug-likeness (QED) is 0.341. The molecule has 0 aliphatic heterocycles. The highest BCUT2D eigenvalue weighted by molar-refractivity contribution is 5.83. The molecule has 0 saturated carbocycles. The number of carbonyl (C=O) groups is 1. The number of nitrogens with zero attached hydrogens (tertiary/aromatic N) is 1. The van der Waals surface area contributed by atoms with E-state index in [0.717, 1.165) is 24.3 Å². The molecule has 0 aliphatic rings. The molecule has 0 radical (unpaired) electrons. The maximum Gasteiger partial charge on any atom is 0.277 e. The summed E-state index contributed by atoms with van der Waals surface area (Å²) < 4.78 is 11.1. The SMILES string of the molecule is CCCCCOc1ccc(/C=N\NC(=O)COc2ccc(C(C)C)cc2)cc1. The van der Waals surface area contributed by atoms with Crippen molar-refractivity contribution in [3.63, 3.8) is 0 Å². The number of hydrogen-bond donors (Lipinski definition) is 1. The molecule has 1 amide bonds. The van der Waals surface area contributed by atoms with Crippen molar-refractivity contribution in [1.82, 2.24) is 5.43 Å². The zero-order valence-electron chi connectivity index (χ0n) is 17.0. The highest BCUT2D eigenvalue weighted by Crippen LogP contribution is 2.18. The Labute approximate surface area is 167 Å². The second-order valence-electron chi connectivity index (χ2n) is 6.93. The van der Waals surface area contributed by atoms with E-state index in [9.17, 15) is 4.79 Å². The van der Waals surface area contributed by atoms with Crippen molar-refractivity contribution in [2.45, 2.75) is 46.0 Å². The van der Waals surface area contributed by atoms with Gasteiger partial charge in [0.05, 0.1) is 12.8 Å². The number of benzene rings is 2. The van der Waals surface area contributed by atoms with Crippen LogP contribution in [0.5, 0.6) is 11.5 Å². The second-order valence-corrected chi connectivity index (χ2v) is 6.93. The molecule has 0 aliphatic carbocycles. The first-order valence-electron chi connectivity index (χ1n) is 9.86. The zero-order valence-corrected chi connectivity index (χ0v) is 17.0. The minimum Gasteiger partial charge on any atom is -0.494 e. The Morgan fingerprint density at radius 3 is 2.29 bits per heavy atom. The van der Waals surface area contributed by atoms with Crippen LogP contribution < -0.4 is 14.9 Å². The molecule has 5 heteroatoms. The highest BCUT2D eigenvalue weighted by Gasteiger charge is 2.03. The number of amides is 1. The molecule has 2 rings (SSSR count). The predicted octanol–water partition coefficient (Wildman–Crippen LogP) is 4.91. The third-order valence-corrected chi connectivity index (χ3v) is 4.22. The molecule has 28 heavy (non-hydrogen) atoms. The van der Waals surface area contributed by atoms with Gasteiger partial charge in [0, 0.05) is 0 Å². The van der Waals surface area contributed by atoms with Gasteiger partial charge in [0.25, 0.3) is 5.91 Å². The molecule has 0 fully saturated rings. The average Bonchev–Trinajstić information content (AvgIpc) is 2.71. The van der Waals surface area contributed by atoms with E-state index in [2.05, 4.69) is 31.3 Å². The summed E-state index contributed by atoms with van der Waals surface area (Å²) in [7, 11) is 0. The lowest BCUT2D eigenvalue weighted by Crippen LogP contribution is -2.24. The number of carbonyl (C=O) groups excluding carboxylic acids is 1. The Morgan fingerprint density at radius 1 is 1.00 bits per heavy atom. The molecule has 5 nitrogen and oxygen atoms in total. The minimum absolute atomic E-state index is 0.0805. The van der Waals surface area contributed by atoms with Gasteiger partial charge in [-0.05, 0) is 59.9 Å². The molecule has 0 heterocycles. The Bertz CT molecular complexity index is 737. The molecule has 0 spiro atoms. The molecule has 2 aromatic rings. The number of hydrazone groups is 1.